The molecule has 7 rings (SSSR count). The topological polar surface area (TPSA) is 101 Å². The summed E-state index contributed by atoms with van der Waals surface area (Å²) in [5.41, 5.74) is -2.60. The monoisotopic (exact) mass is 451 g/mol. The van der Waals surface area contributed by atoms with Crippen LogP contribution >= 0.6 is 0 Å². The molecule has 32 heavy (non-hydrogen) atoms. The third kappa shape index (κ3) is 1.79. The summed E-state index contributed by atoms with van der Waals surface area (Å²) in [5.74, 6) is -0.241. The van der Waals surface area contributed by atoms with Crippen LogP contribution in [0.2, 0.25) is 0 Å². The highest BCUT2D eigenvalue weighted by Gasteiger charge is 2.93. The molecule has 2 saturated heterocycles. The van der Waals surface area contributed by atoms with Gasteiger partial charge in [-0.05, 0) is 31.7 Å². The van der Waals surface area contributed by atoms with E-state index in [0.717, 1.165) is 25.9 Å². The first-order chi connectivity index (χ1) is 15.4. The second kappa shape index (κ2) is 6.26. The Balaban J connectivity index is 1.55. The molecule has 3 spiro atoms. The lowest BCUT2D eigenvalue weighted by atomic mass is 9.42. The second-order valence-corrected chi connectivity index (χ2v) is 11.8. The van der Waals surface area contributed by atoms with E-state index in [2.05, 4.69) is 11.8 Å². The molecule has 0 aromatic heterocycles. The van der Waals surface area contributed by atoms with Gasteiger partial charge < -0.3 is 34.3 Å². The van der Waals surface area contributed by atoms with Crippen LogP contribution in [0.25, 0.3) is 0 Å². The summed E-state index contributed by atoms with van der Waals surface area (Å²) in [7, 11) is 3.45. The first-order valence-electron chi connectivity index (χ1n) is 12.5. The molecule has 0 aromatic carbocycles. The number of aliphatic hydroxyl groups excluding tert-OH is 3. The van der Waals surface area contributed by atoms with Crippen molar-refractivity contribution < 1.29 is 34.3 Å². The maximum Gasteiger partial charge on any atom is 0.148 e. The van der Waals surface area contributed by atoms with Gasteiger partial charge in [-0.25, -0.2) is 0 Å². The third-order valence-corrected chi connectivity index (χ3v) is 11.6. The maximum atomic E-state index is 12.3. The Morgan fingerprint density at radius 3 is 2.69 bits per heavy atom. The molecule has 5 saturated carbocycles. The van der Waals surface area contributed by atoms with Crippen molar-refractivity contribution in [2.75, 3.05) is 40.7 Å². The fourth-order valence-corrected chi connectivity index (χ4v) is 11.1. The second-order valence-electron chi connectivity index (χ2n) is 11.8. The van der Waals surface area contributed by atoms with Crippen LogP contribution in [0.4, 0.5) is 0 Å². The lowest BCUT2D eigenvalue weighted by molar-refractivity contribution is -0.282. The van der Waals surface area contributed by atoms with Crippen molar-refractivity contribution in [3.05, 3.63) is 0 Å². The number of hydrogen-bond acceptors (Lipinski definition) is 8. The predicted molar refractivity (Wildman–Crippen MR) is 112 cm³/mol. The summed E-state index contributed by atoms with van der Waals surface area (Å²) in [4.78, 5) is 2.46. The van der Waals surface area contributed by atoms with E-state index in [-0.39, 0.29) is 48.0 Å². The zero-order chi connectivity index (χ0) is 22.3. The Labute approximate surface area is 189 Å². The molecule has 8 heteroatoms. The standard InChI is InChI=1S/C24H37NO7/c1-4-25-9-21(10-29-2)6-5-15(26)23-13-7-12-14(30-3)8-22(16(13)17(12)27)24(20(23)25,32-11-31-22)19(28)18(21)23/h12-20,26-28H,4-11H2,1-3H3/t12-,13-,14+,15+,16-,17+,18-,19+,20+,21+,22-,23+,24-/m1/s1. The van der Waals surface area contributed by atoms with Crippen molar-refractivity contribution >= 4 is 0 Å². The van der Waals surface area contributed by atoms with Crippen LogP contribution in [0.3, 0.4) is 0 Å². The molecule has 7 fully saturated rings. The Kier molecular flexibility index (Phi) is 4.11. The molecule has 7 aliphatic rings. The fourth-order valence-electron chi connectivity index (χ4n) is 11.1. The molecule has 180 valence electrons. The molecule has 13 atom stereocenters. The first-order valence-corrected chi connectivity index (χ1v) is 12.5. The zero-order valence-electron chi connectivity index (χ0n) is 19.3. The van der Waals surface area contributed by atoms with Crippen molar-refractivity contribution in [2.24, 2.45) is 34.5 Å². The molecule has 5 aliphatic carbocycles. The van der Waals surface area contributed by atoms with Gasteiger partial charge in [-0.3, -0.25) is 4.90 Å². The minimum Gasteiger partial charge on any atom is -0.392 e. The Morgan fingerprint density at radius 2 is 1.97 bits per heavy atom. The molecular weight excluding hydrogens is 414 g/mol. The quantitative estimate of drug-likeness (QED) is 0.549. The van der Waals surface area contributed by atoms with Crippen molar-refractivity contribution in [1.29, 1.82) is 0 Å². The van der Waals surface area contributed by atoms with Crippen LogP contribution < -0.4 is 0 Å². The van der Waals surface area contributed by atoms with Gasteiger partial charge in [0.1, 0.15) is 18.0 Å². The third-order valence-electron chi connectivity index (χ3n) is 11.6. The summed E-state index contributed by atoms with van der Waals surface area (Å²) in [6.45, 7) is 4.47. The highest BCUT2D eigenvalue weighted by molar-refractivity contribution is 5.42. The number of aliphatic hydroxyl groups is 3. The van der Waals surface area contributed by atoms with E-state index in [4.69, 9.17) is 18.9 Å². The minimum absolute atomic E-state index is 0.0227. The molecule has 2 aliphatic heterocycles. The Hall–Kier alpha value is -0.320. The number of methoxy groups -OCH3 is 2. The van der Waals surface area contributed by atoms with Gasteiger partial charge in [-0.15, -0.1) is 0 Å². The van der Waals surface area contributed by atoms with Crippen LogP contribution in [0.5, 0.6) is 0 Å². The van der Waals surface area contributed by atoms with E-state index >= 15 is 0 Å². The van der Waals surface area contributed by atoms with E-state index in [0.29, 0.717) is 19.4 Å². The average molecular weight is 452 g/mol. The zero-order valence-corrected chi connectivity index (χ0v) is 19.3. The number of rotatable bonds is 4. The van der Waals surface area contributed by atoms with E-state index in [9.17, 15) is 15.3 Å². The summed E-state index contributed by atoms with van der Waals surface area (Å²) in [6.07, 6.45) is 0.868. The van der Waals surface area contributed by atoms with Crippen LogP contribution in [-0.4, -0.2) is 103 Å². The number of nitrogens with zero attached hydrogens (tertiary/aromatic N) is 1. The number of fused-ring (bicyclic) bond motifs is 1. The summed E-state index contributed by atoms with van der Waals surface area (Å²) in [6, 6.07) is -0.148. The lowest BCUT2D eigenvalue weighted by Crippen LogP contribution is -2.81. The van der Waals surface area contributed by atoms with E-state index in [1.54, 1.807) is 14.2 Å². The number of likely N-dealkylation sites (N-methyl/N-ethyl adjacent to an activating group) is 1. The number of ether oxygens (including phenoxy) is 4. The molecule has 0 unspecified atom stereocenters. The molecular formula is C24H37NO7. The SMILES string of the molecule is CCN1C[C@]2(COC)CC[C@H](O)[C@@]34[C@@H]5C[C@H]6[C@H](O)[C@@H]5[C@@]5(C[C@@H]6OC)OCO[C@]5([C@@H](O)[C@H]23)[C@@H]14. The predicted octanol–water partition coefficient (Wildman–Crippen LogP) is -0.0175. The minimum atomic E-state index is -0.983. The normalized spacial score (nSPS) is 64.1. The lowest BCUT2D eigenvalue weighted by Gasteiger charge is -2.69. The van der Waals surface area contributed by atoms with E-state index < -0.39 is 34.9 Å². The van der Waals surface area contributed by atoms with Gasteiger partial charge in [0.2, 0.25) is 0 Å². The number of likely N-dealkylation sites (tertiary alicyclic amines) is 1. The highest BCUT2D eigenvalue weighted by Crippen LogP contribution is 2.81. The summed E-state index contributed by atoms with van der Waals surface area (Å²) >= 11 is 0. The highest BCUT2D eigenvalue weighted by atomic mass is 16.7. The number of piperidine rings is 1. The molecule has 0 aromatic rings. The Bertz CT molecular complexity index is 828. The van der Waals surface area contributed by atoms with Crippen molar-refractivity contribution in [3.63, 3.8) is 0 Å². The number of hydrogen-bond donors (Lipinski definition) is 3. The van der Waals surface area contributed by atoms with Crippen LogP contribution in [0.1, 0.15) is 32.6 Å². The van der Waals surface area contributed by atoms with Gasteiger partial charge in [-0.1, -0.05) is 6.92 Å². The fraction of sp³-hybridized carbons (Fsp3) is 1.00. The summed E-state index contributed by atoms with van der Waals surface area (Å²) < 4.78 is 24.9. The average Bonchev–Trinajstić information content (AvgIpc) is 3.33. The Morgan fingerprint density at radius 1 is 1.16 bits per heavy atom. The molecule has 2 heterocycles. The van der Waals surface area contributed by atoms with Crippen LogP contribution in [0, 0.1) is 34.5 Å². The molecule has 0 amide bonds. The van der Waals surface area contributed by atoms with E-state index in [1.807, 2.05) is 0 Å². The molecule has 0 radical (unpaired) electrons. The molecule has 8 nitrogen and oxygen atoms in total. The van der Waals surface area contributed by atoms with Crippen LogP contribution in [-0.2, 0) is 18.9 Å². The molecule has 3 N–H and O–H groups in total. The molecule has 7 bridgehead atoms. The van der Waals surface area contributed by atoms with Gasteiger partial charge >= 0.3 is 0 Å². The van der Waals surface area contributed by atoms with Crippen molar-refractivity contribution in [2.45, 2.75) is 74.3 Å². The summed E-state index contributed by atoms with van der Waals surface area (Å²) in [5, 5.41) is 35.9. The van der Waals surface area contributed by atoms with Gasteiger partial charge in [-0.2, -0.15) is 0 Å². The van der Waals surface area contributed by atoms with Gasteiger partial charge in [0, 0.05) is 55.8 Å². The van der Waals surface area contributed by atoms with Crippen LogP contribution in [0.15, 0.2) is 0 Å². The maximum absolute atomic E-state index is 12.3. The van der Waals surface area contributed by atoms with E-state index in [1.165, 1.54) is 0 Å². The first kappa shape index (κ1) is 21.0. The largest absolute Gasteiger partial charge is 0.392 e. The van der Waals surface area contributed by atoms with Crippen molar-refractivity contribution in [3.8, 4) is 0 Å². The van der Waals surface area contributed by atoms with Gasteiger partial charge in [0.25, 0.3) is 0 Å². The van der Waals surface area contributed by atoms with Gasteiger partial charge in [0.05, 0.1) is 37.1 Å². The smallest absolute Gasteiger partial charge is 0.148 e. The van der Waals surface area contributed by atoms with Gasteiger partial charge in [0.15, 0.2) is 0 Å². The van der Waals surface area contributed by atoms with Crippen molar-refractivity contribution in [1.82, 2.24) is 4.90 Å².